The van der Waals surface area contributed by atoms with Crippen LogP contribution in [0.5, 0.6) is 0 Å². The smallest absolute Gasteiger partial charge is 0.222 e. The Labute approximate surface area is 135 Å². The molecule has 0 bridgehead atoms. The van der Waals surface area contributed by atoms with E-state index in [9.17, 15) is 4.79 Å². The predicted octanol–water partition coefficient (Wildman–Crippen LogP) is 3.73. The number of aryl methyl sites for hydroxylation is 2. The minimum Gasteiger partial charge on any atom is -0.441 e. The van der Waals surface area contributed by atoms with Crippen molar-refractivity contribution in [3.63, 3.8) is 0 Å². The fourth-order valence-electron chi connectivity index (χ4n) is 2.63. The largest absolute Gasteiger partial charge is 0.441 e. The molecule has 0 unspecified atom stereocenters. The molecule has 0 aliphatic carbocycles. The highest BCUT2D eigenvalue weighted by Gasteiger charge is 2.10. The molecule has 0 aliphatic rings. The number of carbonyl (C=O) groups is 1. The van der Waals surface area contributed by atoms with Crippen LogP contribution in [0.3, 0.4) is 0 Å². The Balaban J connectivity index is 1.58. The number of nitrogens with zero attached hydrogens (tertiary/aromatic N) is 2. The lowest BCUT2D eigenvalue weighted by Crippen LogP contribution is -2.26. The van der Waals surface area contributed by atoms with Crippen LogP contribution in [0.1, 0.15) is 23.4 Å². The van der Waals surface area contributed by atoms with Crippen molar-refractivity contribution in [3.05, 3.63) is 65.5 Å². The molecule has 0 spiro atoms. The number of benzene rings is 2. The highest BCUT2D eigenvalue weighted by molar-refractivity contribution is 5.77. The molecule has 0 radical (unpaired) electrons. The zero-order chi connectivity index (χ0) is 16.2. The molecular weight excluding hydrogens is 288 g/mol. The van der Waals surface area contributed by atoms with Gasteiger partial charge >= 0.3 is 0 Å². The normalized spacial score (nSPS) is 10.9. The van der Waals surface area contributed by atoms with E-state index in [0.717, 1.165) is 22.2 Å². The number of oxazole rings is 1. The monoisotopic (exact) mass is 308 g/mol. The lowest BCUT2D eigenvalue weighted by Gasteiger charge is -2.17. The number of amides is 1. The Hall–Kier alpha value is -2.62. The van der Waals surface area contributed by atoms with E-state index < -0.39 is 0 Å². The second-order valence-corrected chi connectivity index (χ2v) is 5.77. The van der Waals surface area contributed by atoms with Gasteiger partial charge in [0, 0.05) is 26.9 Å². The average molecular weight is 308 g/mol. The molecule has 0 N–H and O–H groups in total. The van der Waals surface area contributed by atoms with Gasteiger partial charge in [0.2, 0.25) is 5.91 Å². The number of aromatic nitrogens is 1. The zero-order valence-electron chi connectivity index (χ0n) is 13.5. The Bertz CT molecular complexity index is 809. The minimum atomic E-state index is 0.144. The summed E-state index contributed by atoms with van der Waals surface area (Å²) in [6.07, 6.45) is 1.20. The first kappa shape index (κ1) is 15.3. The van der Waals surface area contributed by atoms with Crippen LogP contribution >= 0.6 is 0 Å². The third-order valence-corrected chi connectivity index (χ3v) is 3.87. The maximum absolute atomic E-state index is 12.3. The molecule has 118 valence electrons. The second-order valence-electron chi connectivity index (χ2n) is 5.77. The van der Waals surface area contributed by atoms with Gasteiger partial charge in [-0.15, -0.1) is 0 Å². The average Bonchev–Trinajstić information content (AvgIpc) is 2.92. The van der Waals surface area contributed by atoms with Gasteiger partial charge in [-0.3, -0.25) is 4.79 Å². The first-order valence-corrected chi connectivity index (χ1v) is 7.76. The van der Waals surface area contributed by atoms with Gasteiger partial charge < -0.3 is 9.32 Å². The number of hydrogen-bond acceptors (Lipinski definition) is 3. The van der Waals surface area contributed by atoms with Crippen molar-refractivity contribution in [1.29, 1.82) is 0 Å². The van der Waals surface area contributed by atoms with Gasteiger partial charge in [0.1, 0.15) is 5.52 Å². The fourth-order valence-corrected chi connectivity index (χ4v) is 2.63. The van der Waals surface area contributed by atoms with Crippen molar-refractivity contribution in [3.8, 4) is 0 Å². The van der Waals surface area contributed by atoms with E-state index in [-0.39, 0.29) is 5.91 Å². The van der Waals surface area contributed by atoms with E-state index in [0.29, 0.717) is 25.3 Å². The fraction of sp³-hybridized carbons (Fsp3) is 0.263. The van der Waals surface area contributed by atoms with E-state index in [2.05, 4.69) is 4.98 Å². The molecule has 4 heteroatoms. The van der Waals surface area contributed by atoms with Crippen LogP contribution in [-0.2, 0) is 17.8 Å². The van der Waals surface area contributed by atoms with Crippen LogP contribution in [0.2, 0.25) is 0 Å². The van der Waals surface area contributed by atoms with Crippen molar-refractivity contribution in [1.82, 2.24) is 9.88 Å². The summed E-state index contributed by atoms with van der Waals surface area (Å²) in [4.78, 5) is 18.4. The molecule has 3 rings (SSSR count). The van der Waals surface area contributed by atoms with Crippen molar-refractivity contribution in [2.45, 2.75) is 26.3 Å². The third-order valence-electron chi connectivity index (χ3n) is 3.87. The standard InChI is InChI=1S/C19H20N2O2/c1-14-20-17-12-15(8-10-18(17)23-14)9-11-19(22)21(2)13-16-6-4-3-5-7-16/h3-8,10,12H,9,11,13H2,1-2H3. The Morgan fingerprint density at radius 2 is 1.91 bits per heavy atom. The predicted molar refractivity (Wildman–Crippen MR) is 90.0 cm³/mol. The summed E-state index contributed by atoms with van der Waals surface area (Å²) in [5.74, 6) is 0.807. The van der Waals surface area contributed by atoms with Crippen LogP contribution in [0.15, 0.2) is 52.9 Å². The van der Waals surface area contributed by atoms with Gasteiger partial charge in [-0.25, -0.2) is 4.98 Å². The van der Waals surface area contributed by atoms with E-state index in [1.54, 1.807) is 4.90 Å². The Morgan fingerprint density at radius 1 is 1.13 bits per heavy atom. The summed E-state index contributed by atoms with van der Waals surface area (Å²) in [5.41, 5.74) is 3.89. The van der Waals surface area contributed by atoms with E-state index in [4.69, 9.17) is 4.42 Å². The second kappa shape index (κ2) is 6.65. The number of fused-ring (bicyclic) bond motifs is 1. The molecular formula is C19H20N2O2. The molecule has 23 heavy (non-hydrogen) atoms. The van der Waals surface area contributed by atoms with Gasteiger partial charge in [0.15, 0.2) is 11.5 Å². The van der Waals surface area contributed by atoms with Gasteiger partial charge in [0.25, 0.3) is 0 Å². The molecule has 1 aromatic heterocycles. The van der Waals surface area contributed by atoms with Crippen LogP contribution in [0, 0.1) is 6.92 Å². The summed E-state index contributed by atoms with van der Waals surface area (Å²) < 4.78 is 5.47. The zero-order valence-corrected chi connectivity index (χ0v) is 13.5. The van der Waals surface area contributed by atoms with Crippen LogP contribution in [-0.4, -0.2) is 22.8 Å². The van der Waals surface area contributed by atoms with Crippen LogP contribution in [0.4, 0.5) is 0 Å². The summed E-state index contributed by atoms with van der Waals surface area (Å²) in [5, 5.41) is 0. The molecule has 0 saturated heterocycles. The lowest BCUT2D eigenvalue weighted by molar-refractivity contribution is -0.130. The minimum absolute atomic E-state index is 0.144. The number of hydrogen-bond donors (Lipinski definition) is 0. The quantitative estimate of drug-likeness (QED) is 0.721. The molecule has 0 saturated carbocycles. The van der Waals surface area contributed by atoms with Crippen LogP contribution in [0.25, 0.3) is 11.1 Å². The van der Waals surface area contributed by atoms with Gasteiger partial charge in [-0.05, 0) is 29.7 Å². The lowest BCUT2D eigenvalue weighted by atomic mass is 10.1. The van der Waals surface area contributed by atoms with Gasteiger partial charge in [-0.2, -0.15) is 0 Å². The maximum Gasteiger partial charge on any atom is 0.222 e. The molecule has 4 nitrogen and oxygen atoms in total. The molecule has 0 fully saturated rings. The summed E-state index contributed by atoms with van der Waals surface area (Å²) in [6, 6.07) is 15.9. The first-order chi connectivity index (χ1) is 11.1. The van der Waals surface area contributed by atoms with Gasteiger partial charge in [-0.1, -0.05) is 36.4 Å². The summed E-state index contributed by atoms with van der Waals surface area (Å²) in [7, 11) is 1.85. The van der Waals surface area contributed by atoms with Gasteiger partial charge in [0.05, 0.1) is 0 Å². The topological polar surface area (TPSA) is 46.3 Å². The van der Waals surface area contributed by atoms with E-state index in [1.165, 1.54) is 0 Å². The Kier molecular flexibility index (Phi) is 4.42. The third kappa shape index (κ3) is 3.77. The maximum atomic E-state index is 12.3. The van der Waals surface area contributed by atoms with E-state index in [1.807, 2.05) is 62.5 Å². The molecule has 1 amide bonds. The number of carbonyl (C=O) groups excluding carboxylic acids is 1. The van der Waals surface area contributed by atoms with Crippen molar-refractivity contribution < 1.29 is 9.21 Å². The SMILES string of the molecule is Cc1nc2cc(CCC(=O)N(C)Cc3ccccc3)ccc2o1. The molecule has 0 aliphatic heterocycles. The molecule has 0 atom stereocenters. The highest BCUT2D eigenvalue weighted by atomic mass is 16.3. The highest BCUT2D eigenvalue weighted by Crippen LogP contribution is 2.18. The number of rotatable bonds is 5. The molecule has 2 aromatic carbocycles. The van der Waals surface area contributed by atoms with E-state index >= 15 is 0 Å². The van der Waals surface area contributed by atoms with Crippen molar-refractivity contribution in [2.75, 3.05) is 7.05 Å². The summed E-state index contributed by atoms with van der Waals surface area (Å²) in [6.45, 7) is 2.48. The van der Waals surface area contributed by atoms with Crippen molar-refractivity contribution in [2.24, 2.45) is 0 Å². The van der Waals surface area contributed by atoms with Crippen LogP contribution < -0.4 is 0 Å². The molecule has 3 aromatic rings. The van der Waals surface area contributed by atoms with Crippen molar-refractivity contribution >= 4 is 17.0 Å². The Morgan fingerprint density at radius 3 is 2.70 bits per heavy atom. The molecule has 1 heterocycles. The summed E-state index contributed by atoms with van der Waals surface area (Å²) >= 11 is 0. The first-order valence-electron chi connectivity index (χ1n) is 7.76.